The molecule has 12 N–H and O–H groups in total. The number of rotatable bonds is 20. The van der Waals surface area contributed by atoms with Gasteiger partial charge in [-0.15, -0.1) is 0 Å². The molecule has 0 bridgehead atoms. The molecule has 15 heteroatoms. The third-order valence-corrected chi connectivity index (χ3v) is 5.80. The van der Waals surface area contributed by atoms with Crippen molar-refractivity contribution in [3.63, 3.8) is 0 Å². The Morgan fingerprint density at radius 1 is 0.750 bits per heavy atom. The maximum Gasteiger partial charge on any atom is 0.326 e. The van der Waals surface area contributed by atoms with Crippen LogP contribution in [0.15, 0.2) is 0 Å². The number of hydrogen-bond acceptors (Lipinski definition) is 9. The number of carboxylic acid groups (broad SMARTS) is 1. The zero-order chi connectivity index (χ0) is 27.7. The van der Waals surface area contributed by atoms with E-state index in [-0.39, 0.29) is 38.5 Å². The zero-order valence-electron chi connectivity index (χ0n) is 20.5. The molecule has 0 aromatic rings. The summed E-state index contributed by atoms with van der Waals surface area (Å²) in [7, 11) is 0. The molecule has 0 aromatic carbocycles. The second-order valence-electron chi connectivity index (χ2n) is 8.20. The Hall–Kier alpha value is -2.91. The Morgan fingerprint density at radius 3 is 1.75 bits per heavy atom. The standard InChI is InChI=1S/C21H39N7O7S/c1-36-11-9-15(21(34)35)28-20(33)14(6-8-17(25)30)27-19(32)13(4-2-3-10-22)26-18(31)12(23)5-7-16(24)29/h12-15H,2-11,22-23H2,1H3,(H2,24,29)(H2,25,30)(H,26,31)(H,27,32)(H,28,33)(H,34,35). The molecule has 0 heterocycles. The number of nitrogens with one attached hydrogen (secondary N) is 3. The lowest BCUT2D eigenvalue weighted by Crippen LogP contribution is -2.57. The highest BCUT2D eigenvalue weighted by Gasteiger charge is 2.30. The predicted molar refractivity (Wildman–Crippen MR) is 134 cm³/mol. The Balaban J connectivity index is 5.53. The number of hydrogen-bond donors (Lipinski definition) is 8. The van der Waals surface area contributed by atoms with E-state index in [4.69, 9.17) is 22.9 Å². The molecule has 206 valence electrons. The van der Waals surface area contributed by atoms with Gasteiger partial charge in [-0.05, 0) is 57.1 Å². The molecule has 0 aliphatic heterocycles. The first-order valence-electron chi connectivity index (χ1n) is 11.6. The summed E-state index contributed by atoms with van der Waals surface area (Å²) in [4.78, 5) is 72.0. The molecule has 4 unspecified atom stereocenters. The molecular weight excluding hydrogens is 494 g/mol. The molecule has 0 aliphatic carbocycles. The monoisotopic (exact) mass is 533 g/mol. The highest BCUT2D eigenvalue weighted by molar-refractivity contribution is 7.98. The Bertz CT molecular complexity index is 769. The summed E-state index contributed by atoms with van der Waals surface area (Å²) < 4.78 is 0. The molecule has 4 atom stereocenters. The van der Waals surface area contributed by atoms with Crippen molar-refractivity contribution in [2.45, 2.75) is 75.5 Å². The number of aliphatic carboxylic acids is 1. The van der Waals surface area contributed by atoms with Crippen molar-refractivity contribution in [1.29, 1.82) is 0 Å². The number of amides is 5. The van der Waals surface area contributed by atoms with Crippen LogP contribution >= 0.6 is 11.8 Å². The fourth-order valence-corrected chi connectivity index (χ4v) is 3.53. The molecule has 0 saturated carbocycles. The van der Waals surface area contributed by atoms with E-state index >= 15 is 0 Å². The number of unbranched alkanes of at least 4 members (excludes halogenated alkanes) is 1. The van der Waals surface area contributed by atoms with Crippen molar-refractivity contribution in [1.82, 2.24) is 16.0 Å². The van der Waals surface area contributed by atoms with Gasteiger partial charge in [0.15, 0.2) is 0 Å². The lowest BCUT2D eigenvalue weighted by molar-refractivity contribution is -0.142. The summed E-state index contributed by atoms with van der Waals surface area (Å²) in [6, 6.07) is -4.66. The summed E-state index contributed by atoms with van der Waals surface area (Å²) in [5, 5.41) is 16.7. The van der Waals surface area contributed by atoms with E-state index in [0.29, 0.717) is 25.1 Å². The molecule has 0 fully saturated rings. The average molecular weight is 534 g/mol. The summed E-state index contributed by atoms with van der Waals surface area (Å²) >= 11 is 1.40. The van der Waals surface area contributed by atoms with E-state index < -0.39 is 59.7 Å². The number of carboxylic acids is 1. The van der Waals surface area contributed by atoms with E-state index in [1.165, 1.54) is 11.8 Å². The first kappa shape index (κ1) is 33.1. The fourth-order valence-electron chi connectivity index (χ4n) is 3.06. The fraction of sp³-hybridized carbons (Fsp3) is 0.714. The van der Waals surface area contributed by atoms with Gasteiger partial charge in [-0.25, -0.2) is 4.79 Å². The second kappa shape index (κ2) is 18.4. The van der Waals surface area contributed by atoms with Crippen LogP contribution in [0.2, 0.25) is 0 Å². The molecular formula is C21H39N7O7S. The van der Waals surface area contributed by atoms with E-state index in [9.17, 15) is 33.9 Å². The molecule has 0 aliphatic rings. The summed E-state index contributed by atoms with van der Waals surface area (Å²) in [6.07, 6.45) is 2.59. The third kappa shape index (κ3) is 14.5. The van der Waals surface area contributed by atoms with Crippen molar-refractivity contribution >= 4 is 47.3 Å². The highest BCUT2D eigenvalue weighted by Crippen LogP contribution is 2.07. The van der Waals surface area contributed by atoms with Crippen LogP contribution in [0.1, 0.15) is 51.4 Å². The molecule has 0 saturated heterocycles. The van der Waals surface area contributed by atoms with Gasteiger partial charge in [0, 0.05) is 12.8 Å². The molecule has 0 radical (unpaired) electrons. The minimum absolute atomic E-state index is 0.0193. The summed E-state index contributed by atoms with van der Waals surface area (Å²) in [5.74, 6) is -4.34. The predicted octanol–water partition coefficient (Wildman–Crippen LogP) is -2.73. The number of primary amides is 2. The molecule has 0 aromatic heterocycles. The van der Waals surface area contributed by atoms with E-state index in [2.05, 4.69) is 16.0 Å². The van der Waals surface area contributed by atoms with Crippen LogP contribution in [0, 0.1) is 0 Å². The topological polar surface area (TPSA) is 263 Å². The van der Waals surface area contributed by atoms with Gasteiger partial charge < -0.3 is 44.0 Å². The van der Waals surface area contributed by atoms with Gasteiger partial charge >= 0.3 is 5.97 Å². The Kier molecular flexibility index (Phi) is 16.9. The van der Waals surface area contributed by atoms with Crippen molar-refractivity contribution in [2.75, 3.05) is 18.6 Å². The van der Waals surface area contributed by atoms with Crippen LogP contribution < -0.4 is 38.9 Å². The van der Waals surface area contributed by atoms with E-state index in [0.717, 1.165) is 0 Å². The van der Waals surface area contributed by atoms with E-state index in [1.54, 1.807) is 6.26 Å². The molecule has 0 rings (SSSR count). The lowest BCUT2D eigenvalue weighted by Gasteiger charge is -2.25. The third-order valence-electron chi connectivity index (χ3n) is 5.16. The Morgan fingerprint density at radius 2 is 1.25 bits per heavy atom. The molecule has 5 amide bonds. The quantitative estimate of drug-likeness (QED) is 0.0748. The van der Waals surface area contributed by atoms with Crippen molar-refractivity contribution in [2.24, 2.45) is 22.9 Å². The Labute approximate surface area is 214 Å². The zero-order valence-corrected chi connectivity index (χ0v) is 21.3. The second-order valence-corrected chi connectivity index (χ2v) is 9.19. The first-order chi connectivity index (χ1) is 16.9. The van der Waals surface area contributed by atoms with Gasteiger partial charge in [0.2, 0.25) is 29.5 Å². The van der Waals surface area contributed by atoms with Gasteiger partial charge in [-0.3, -0.25) is 24.0 Å². The number of thioether (sulfide) groups is 1. The van der Waals surface area contributed by atoms with Crippen molar-refractivity contribution in [3.8, 4) is 0 Å². The van der Waals surface area contributed by atoms with Crippen LogP contribution in [0.3, 0.4) is 0 Å². The van der Waals surface area contributed by atoms with Gasteiger partial charge in [0.1, 0.15) is 18.1 Å². The van der Waals surface area contributed by atoms with Gasteiger partial charge in [-0.1, -0.05) is 0 Å². The minimum atomic E-state index is -1.28. The van der Waals surface area contributed by atoms with Crippen LogP contribution in [0.4, 0.5) is 0 Å². The largest absolute Gasteiger partial charge is 0.480 e. The average Bonchev–Trinajstić information content (AvgIpc) is 2.81. The first-order valence-corrected chi connectivity index (χ1v) is 13.0. The summed E-state index contributed by atoms with van der Waals surface area (Å²) in [5.41, 5.74) is 21.5. The smallest absolute Gasteiger partial charge is 0.326 e. The normalized spacial score (nSPS) is 14.1. The van der Waals surface area contributed by atoms with Crippen molar-refractivity contribution in [3.05, 3.63) is 0 Å². The maximum atomic E-state index is 13.0. The van der Waals surface area contributed by atoms with Gasteiger partial charge in [0.25, 0.3) is 0 Å². The van der Waals surface area contributed by atoms with Crippen LogP contribution in [0.25, 0.3) is 0 Å². The van der Waals surface area contributed by atoms with Crippen molar-refractivity contribution < 1.29 is 33.9 Å². The number of nitrogens with two attached hydrogens (primary N) is 4. The minimum Gasteiger partial charge on any atom is -0.480 e. The van der Waals surface area contributed by atoms with Gasteiger partial charge in [-0.2, -0.15) is 11.8 Å². The summed E-state index contributed by atoms with van der Waals surface area (Å²) in [6.45, 7) is 0.358. The van der Waals surface area contributed by atoms with Crippen LogP contribution in [0.5, 0.6) is 0 Å². The maximum absolute atomic E-state index is 13.0. The number of carbonyl (C=O) groups excluding carboxylic acids is 5. The van der Waals surface area contributed by atoms with Crippen LogP contribution in [-0.4, -0.2) is 83.3 Å². The number of carbonyl (C=O) groups is 6. The SMILES string of the molecule is CSCCC(NC(=O)C(CCC(N)=O)NC(=O)C(CCCCN)NC(=O)C(N)CCC(N)=O)C(=O)O. The molecule has 14 nitrogen and oxygen atoms in total. The highest BCUT2D eigenvalue weighted by atomic mass is 32.2. The lowest BCUT2D eigenvalue weighted by atomic mass is 10.0. The van der Waals surface area contributed by atoms with Crippen LogP contribution in [-0.2, 0) is 28.8 Å². The molecule has 0 spiro atoms. The van der Waals surface area contributed by atoms with E-state index in [1.807, 2.05) is 0 Å². The molecule has 36 heavy (non-hydrogen) atoms. The van der Waals surface area contributed by atoms with Gasteiger partial charge in [0.05, 0.1) is 6.04 Å².